The first-order valence-electron chi connectivity index (χ1n) is 5.88. The third-order valence-corrected chi connectivity index (χ3v) is 3.29. The van der Waals surface area contributed by atoms with E-state index >= 15 is 0 Å². The molecule has 0 saturated heterocycles. The number of aromatic nitrogens is 3. The number of imidazole rings is 1. The van der Waals surface area contributed by atoms with Gasteiger partial charge in [0.1, 0.15) is 0 Å². The zero-order valence-corrected chi connectivity index (χ0v) is 9.72. The Balaban J connectivity index is 1.93. The number of hydrogen-bond acceptors (Lipinski definition) is 5. The summed E-state index contributed by atoms with van der Waals surface area (Å²) in [4.78, 5) is 8.71. The van der Waals surface area contributed by atoms with E-state index in [4.69, 9.17) is 5.84 Å². The van der Waals surface area contributed by atoms with Gasteiger partial charge in [-0.2, -0.15) is 0 Å². The lowest BCUT2D eigenvalue weighted by molar-refractivity contribution is 0.773. The van der Waals surface area contributed by atoms with E-state index in [1.807, 2.05) is 16.8 Å². The third kappa shape index (κ3) is 1.80. The van der Waals surface area contributed by atoms with Crippen LogP contribution in [0.3, 0.4) is 0 Å². The lowest BCUT2D eigenvalue weighted by Gasteiger charge is -2.08. The van der Waals surface area contributed by atoms with Crippen LogP contribution < -0.4 is 16.6 Å². The van der Waals surface area contributed by atoms with E-state index in [-0.39, 0.29) is 0 Å². The highest BCUT2D eigenvalue weighted by atomic mass is 15.3. The number of rotatable bonds is 4. The number of nitrogens with two attached hydrogens (primary N) is 1. The average molecular weight is 232 g/mol. The van der Waals surface area contributed by atoms with Crippen LogP contribution in [0, 0.1) is 5.92 Å². The molecule has 2 atom stereocenters. The second-order valence-corrected chi connectivity index (χ2v) is 4.43. The van der Waals surface area contributed by atoms with E-state index in [0.29, 0.717) is 11.9 Å². The maximum Gasteiger partial charge on any atom is 0.180 e. The molecular weight excluding hydrogens is 216 g/mol. The maximum absolute atomic E-state index is 5.40. The summed E-state index contributed by atoms with van der Waals surface area (Å²) in [6.45, 7) is 2.21. The highest BCUT2D eigenvalue weighted by Gasteiger charge is 2.35. The minimum Gasteiger partial charge on any atom is -0.364 e. The number of nitrogen functional groups attached to an aromatic ring is 1. The van der Waals surface area contributed by atoms with E-state index in [1.165, 1.54) is 12.8 Å². The van der Waals surface area contributed by atoms with E-state index in [1.54, 1.807) is 6.20 Å². The third-order valence-electron chi connectivity index (χ3n) is 3.29. The van der Waals surface area contributed by atoms with E-state index in [0.717, 1.165) is 17.4 Å². The van der Waals surface area contributed by atoms with Gasteiger partial charge in [-0.3, -0.25) is 0 Å². The molecule has 1 saturated carbocycles. The van der Waals surface area contributed by atoms with Crippen LogP contribution in [0.5, 0.6) is 0 Å². The fourth-order valence-electron chi connectivity index (χ4n) is 2.15. The highest BCUT2D eigenvalue weighted by Crippen LogP contribution is 2.36. The van der Waals surface area contributed by atoms with Crippen LogP contribution in [0.1, 0.15) is 19.8 Å². The molecule has 6 heteroatoms. The SMILES string of the molecule is CCC1CC1Nc1nc(NN)cn2ccnc12. The minimum absolute atomic E-state index is 0.529. The standard InChI is InChI=1S/C11H16N6/c1-2-7-5-8(7)14-10-11-13-3-4-17(11)6-9(15-10)16-12/h3-4,6-8,16H,2,5,12H2,1H3,(H,14,15). The Morgan fingerprint density at radius 3 is 3.18 bits per heavy atom. The molecule has 4 N–H and O–H groups in total. The molecule has 1 aliphatic rings. The van der Waals surface area contributed by atoms with Crippen LogP contribution in [-0.4, -0.2) is 20.4 Å². The van der Waals surface area contributed by atoms with Crippen LogP contribution in [0.4, 0.5) is 11.6 Å². The molecule has 2 unspecified atom stereocenters. The Kier molecular flexibility index (Phi) is 2.36. The van der Waals surface area contributed by atoms with Gasteiger partial charge >= 0.3 is 0 Å². The first kappa shape index (κ1) is 10.3. The maximum atomic E-state index is 5.40. The van der Waals surface area contributed by atoms with Gasteiger partial charge < -0.3 is 15.1 Å². The summed E-state index contributed by atoms with van der Waals surface area (Å²) in [6.07, 6.45) is 7.88. The van der Waals surface area contributed by atoms with Gasteiger partial charge in [0.25, 0.3) is 0 Å². The number of hydrazine groups is 1. The smallest absolute Gasteiger partial charge is 0.180 e. The summed E-state index contributed by atoms with van der Waals surface area (Å²) in [5, 5.41) is 3.43. The molecule has 2 aromatic heterocycles. The van der Waals surface area contributed by atoms with Gasteiger partial charge in [0, 0.05) is 18.4 Å². The number of anilines is 2. The Labute approximate surface area is 99.2 Å². The Morgan fingerprint density at radius 1 is 1.59 bits per heavy atom. The lowest BCUT2D eigenvalue weighted by atomic mass is 10.3. The quantitative estimate of drug-likeness (QED) is 0.545. The normalized spacial score (nSPS) is 22.7. The molecule has 2 heterocycles. The summed E-state index contributed by atoms with van der Waals surface area (Å²) in [6, 6.07) is 0.529. The molecule has 3 rings (SSSR count). The predicted molar refractivity (Wildman–Crippen MR) is 66.6 cm³/mol. The summed E-state index contributed by atoms with van der Waals surface area (Å²) in [7, 11) is 0. The van der Waals surface area contributed by atoms with Crippen molar-refractivity contribution in [2.75, 3.05) is 10.7 Å². The molecule has 0 aromatic carbocycles. The van der Waals surface area contributed by atoms with Crippen LogP contribution >= 0.6 is 0 Å². The number of nitrogens with one attached hydrogen (secondary N) is 2. The van der Waals surface area contributed by atoms with Crippen LogP contribution in [0.15, 0.2) is 18.6 Å². The van der Waals surface area contributed by atoms with E-state index < -0.39 is 0 Å². The molecule has 1 fully saturated rings. The predicted octanol–water partition coefficient (Wildman–Crippen LogP) is 1.23. The molecule has 90 valence electrons. The molecule has 0 bridgehead atoms. The van der Waals surface area contributed by atoms with Crippen molar-refractivity contribution in [2.45, 2.75) is 25.8 Å². The van der Waals surface area contributed by atoms with Gasteiger partial charge in [0.05, 0.1) is 6.20 Å². The van der Waals surface area contributed by atoms with E-state index in [9.17, 15) is 0 Å². The van der Waals surface area contributed by atoms with Gasteiger partial charge in [-0.15, -0.1) is 0 Å². The summed E-state index contributed by atoms with van der Waals surface area (Å²) in [5.41, 5.74) is 3.41. The van der Waals surface area contributed by atoms with Crippen LogP contribution in [-0.2, 0) is 0 Å². The van der Waals surface area contributed by atoms with Crippen LogP contribution in [0.2, 0.25) is 0 Å². The van der Waals surface area contributed by atoms with Crippen molar-refractivity contribution in [3.05, 3.63) is 18.6 Å². The Morgan fingerprint density at radius 2 is 2.47 bits per heavy atom. The Hall–Kier alpha value is -1.82. The van der Waals surface area contributed by atoms with Gasteiger partial charge in [-0.05, 0) is 12.3 Å². The molecule has 6 nitrogen and oxygen atoms in total. The zero-order valence-electron chi connectivity index (χ0n) is 9.72. The fourth-order valence-corrected chi connectivity index (χ4v) is 2.15. The number of fused-ring (bicyclic) bond motifs is 1. The average Bonchev–Trinajstić information content (AvgIpc) is 2.92. The molecule has 2 aromatic rings. The lowest BCUT2D eigenvalue weighted by Crippen LogP contribution is -2.13. The summed E-state index contributed by atoms with van der Waals surface area (Å²) in [5.74, 6) is 7.60. The highest BCUT2D eigenvalue weighted by molar-refractivity contribution is 5.66. The van der Waals surface area contributed by atoms with Crippen molar-refractivity contribution in [1.82, 2.24) is 14.4 Å². The zero-order chi connectivity index (χ0) is 11.8. The van der Waals surface area contributed by atoms with Crippen LogP contribution in [0.25, 0.3) is 5.65 Å². The molecule has 1 aliphatic carbocycles. The second kappa shape index (κ2) is 3.89. The molecule has 0 amide bonds. The first-order chi connectivity index (χ1) is 8.31. The first-order valence-corrected chi connectivity index (χ1v) is 5.88. The summed E-state index contributed by atoms with van der Waals surface area (Å²) >= 11 is 0. The van der Waals surface area contributed by atoms with Crippen molar-refractivity contribution in [1.29, 1.82) is 0 Å². The number of nitrogens with zero attached hydrogens (tertiary/aromatic N) is 3. The summed E-state index contributed by atoms with van der Waals surface area (Å²) < 4.78 is 1.91. The molecule has 0 radical (unpaired) electrons. The minimum atomic E-state index is 0.529. The van der Waals surface area contributed by atoms with Crippen molar-refractivity contribution in [3.8, 4) is 0 Å². The van der Waals surface area contributed by atoms with E-state index in [2.05, 4.69) is 27.6 Å². The van der Waals surface area contributed by atoms with Crippen molar-refractivity contribution < 1.29 is 0 Å². The molecule has 17 heavy (non-hydrogen) atoms. The second-order valence-electron chi connectivity index (χ2n) is 4.43. The molecule has 0 aliphatic heterocycles. The monoisotopic (exact) mass is 232 g/mol. The van der Waals surface area contributed by atoms with Crippen molar-refractivity contribution >= 4 is 17.3 Å². The Bertz CT molecular complexity index is 534. The fraction of sp³-hybridized carbons (Fsp3) is 0.455. The van der Waals surface area contributed by atoms with Gasteiger partial charge in [0.15, 0.2) is 17.3 Å². The largest absolute Gasteiger partial charge is 0.364 e. The molecular formula is C11H16N6. The van der Waals surface area contributed by atoms with Gasteiger partial charge in [-0.1, -0.05) is 13.3 Å². The molecule has 0 spiro atoms. The van der Waals surface area contributed by atoms with Gasteiger partial charge in [-0.25, -0.2) is 15.8 Å². The number of hydrogen-bond donors (Lipinski definition) is 3. The van der Waals surface area contributed by atoms with Gasteiger partial charge in [0.2, 0.25) is 0 Å². The van der Waals surface area contributed by atoms with Crippen molar-refractivity contribution in [3.63, 3.8) is 0 Å². The topological polar surface area (TPSA) is 80.3 Å². The van der Waals surface area contributed by atoms with Crippen molar-refractivity contribution in [2.24, 2.45) is 11.8 Å².